The van der Waals surface area contributed by atoms with Gasteiger partial charge >= 0.3 is 24.2 Å². The Kier molecular flexibility index (Phi) is 4.27. The highest BCUT2D eigenvalue weighted by atomic mass is 19.4. The van der Waals surface area contributed by atoms with Gasteiger partial charge in [0.2, 0.25) is 5.60 Å². The number of allylic oxidation sites excluding steroid dienone is 1. The highest BCUT2D eigenvalue weighted by Gasteiger charge is 2.88. The van der Waals surface area contributed by atoms with E-state index in [0.717, 1.165) is 6.08 Å². The monoisotopic (exact) mass is 388 g/mol. The molecular weight excluding hydrogens is 374 g/mol. The van der Waals surface area contributed by atoms with Crippen molar-refractivity contribution in [2.75, 3.05) is 0 Å². The van der Waals surface area contributed by atoms with E-state index in [2.05, 4.69) is 6.58 Å². The molecule has 3 unspecified atom stereocenters. The Bertz CT molecular complexity index is 523. The largest absolute Gasteiger partial charge is 0.456 e. The molecule has 2 fully saturated rings. The normalized spacial score (nSPS) is 31.5. The number of halogens is 10. The first kappa shape index (κ1) is 20.3. The molecular formula is C14H14F10O. The quantitative estimate of drug-likeness (QED) is 0.525. The zero-order valence-corrected chi connectivity index (χ0v) is 12.5. The fourth-order valence-electron chi connectivity index (χ4n) is 4.28. The van der Waals surface area contributed by atoms with E-state index in [0.29, 0.717) is 0 Å². The lowest BCUT2D eigenvalue weighted by atomic mass is 9.62. The first-order valence-electron chi connectivity index (χ1n) is 7.23. The standard InChI is InChI=1S/C14H14F10O/c1-2-9-4-3-7(6-9)5-8(9)10(25,11(15,16)13(19,20)21)12(17,18)14(22,23)24/h2,7-8,25H,1,3-6H2. The number of aliphatic hydroxyl groups is 1. The van der Waals surface area contributed by atoms with Crippen LogP contribution >= 0.6 is 0 Å². The molecule has 0 aliphatic heterocycles. The second kappa shape index (κ2) is 5.26. The van der Waals surface area contributed by atoms with Crippen molar-refractivity contribution in [2.45, 2.75) is 55.5 Å². The van der Waals surface area contributed by atoms with E-state index in [9.17, 15) is 49.0 Å². The van der Waals surface area contributed by atoms with Crippen molar-refractivity contribution in [1.29, 1.82) is 0 Å². The summed E-state index contributed by atoms with van der Waals surface area (Å²) in [5, 5.41) is 9.87. The lowest BCUT2D eigenvalue weighted by Gasteiger charge is -2.50. The van der Waals surface area contributed by atoms with Crippen molar-refractivity contribution in [3.63, 3.8) is 0 Å². The van der Waals surface area contributed by atoms with Crippen molar-refractivity contribution in [2.24, 2.45) is 17.3 Å². The van der Waals surface area contributed by atoms with Crippen LogP contribution in [0.3, 0.4) is 0 Å². The van der Waals surface area contributed by atoms with Gasteiger partial charge in [-0.1, -0.05) is 6.08 Å². The maximum atomic E-state index is 13.9. The summed E-state index contributed by atoms with van der Waals surface area (Å²) in [7, 11) is 0. The van der Waals surface area contributed by atoms with Crippen LogP contribution in [0.15, 0.2) is 12.7 Å². The Balaban J connectivity index is 2.73. The van der Waals surface area contributed by atoms with Crippen LogP contribution in [-0.2, 0) is 0 Å². The fourth-order valence-corrected chi connectivity index (χ4v) is 4.28. The van der Waals surface area contributed by atoms with Crippen LogP contribution in [0.5, 0.6) is 0 Å². The highest BCUT2D eigenvalue weighted by Crippen LogP contribution is 2.68. The van der Waals surface area contributed by atoms with Crippen molar-refractivity contribution in [1.82, 2.24) is 0 Å². The third-order valence-electron chi connectivity index (χ3n) is 5.53. The van der Waals surface area contributed by atoms with E-state index in [1.807, 2.05) is 0 Å². The maximum absolute atomic E-state index is 13.9. The van der Waals surface area contributed by atoms with E-state index in [-0.39, 0.29) is 19.3 Å². The number of rotatable bonds is 4. The molecule has 1 nitrogen and oxygen atoms in total. The Morgan fingerprint density at radius 1 is 0.880 bits per heavy atom. The number of fused-ring (bicyclic) bond motifs is 2. The molecule has 2 rings (SSSR count). The van der Waals surface area contributed by atoms with Gasteiger partial charge in [-0.25, -0.2) is 0 Å². The van der Waals surface area contributed by atoms with Crippen molar-refractivity contribution >= 4 is 0 Å². The van der Waals surface area contributed by atoms with E-state index >= 15 is 0 Å². The van der Waals surface area contributed by atoms with Gasteiger partial charge in [0.15, 0.2) is 0 Å². The molecule has 0 heterocycles. The lowest BCUT2D eigenvalue weighted by Crippen LogP contribution is -2.74. The summed E-state index contributed by atoms with van der Waals surface area (Å²) >= 11 is 0. The summed E-state index contributed by atoms with van der Waals surface area (Å²) in [6.07, 6.45) is -13.7. The van der Waals surface area contributed by atoms with Gasteiger partial charge in [-0.05, 0) is 37.0 Å². The van der Waals surface area contributed by atoms with E-state index < -0.39 is 53.5 Å². The SMILES string of the molecule is C=CC12CCC(CC1C(O)(C(F)(F)C(F)(F)F)C(F)(F)C(F)(F)F)C2. The minimum atomic E-state index is -6.80. The van der Waals surface area contributed by atoms with Crippen LogP contribution in [0.1, 0.15) is 25.7 Å². The molecule has 0 spiro atoms. The summed E-state index contributed by atoms with van der Waals surface area (Å²) < 4.78 is 132. The summed E-state index contributed by atoms with van der Waals surface area (Å²) in [4.78, 5) is 0. The van der Waals surface area contributed by atoms with Gasteiger partial charge in [0.25, 0.3) is 0 Å². The van der Waals surface area contributed by atoms with E-state index in [1.54, 1.807) is 0 Å². The molecule has 1 N–H and O–H groups in total. The van der Waals surface area contributed by atoms with Gasteiger partial charge in [0.1, 0.15) is 0 Å². The molecule has 2 aliphatic carbocycles. The second-order valence-corrected chi connectivity index (χ2v) is 6.75. The van der Waals surface area contributed by atoms with Gasteiger partial charge in [0.05, 0.1) is 0 Å². The summed E-state index contributed by atoms with van der Waals surface area (Å²) in [6, 6.07) is 0. The molecule has 0 aromatic carbocycles. The van der Waals surface area contributed by atoms with Gasteiger partial charge in [-0.2, -0.15) is 43.9 Å². The molecule has 146 valence electrons. The maximum Gasteiger partial charge on any atom is 0.456 e. The molecule has 2 saturated carbocycles. The predicted octanol–water partition coefficient (Wildman–Crippen LogP) is 5.11. The van der Waals surface area contributed by atoms with E-state index in [4.69, 9.17) is 0 Å². The molecule has 0 aromatic rings. The van der Waals surface area contributed by atoms with Crippen molar-refractivity contribution in [3.05, 3.63) is 12.7 Å². The third kappa shape index (κ3) is 2.40. The molecule has 3 atom stereocenters. The average Bonchev–Trinajstić information content (AvgIpc) is 3.02. The molecule has 25 heavy (non-hydrogen) atoms. The smallest absolute Gasteiger partial charge is 0.377 e. The average molecular weight is 388 g/mol. The van der Waals surface area contributed by atoms with E-state index in [1.165, 1.54) is 0 Å². The second-order valence-electron chi connectivity index (χ2n) is 6.75. The van der Waals surface area contributed by atoms with Gasteiger partial charge < -0.3 is 5.11 Å². The Hall–Kier alpha value is -1.00. The summed E-state index contributed by atoms with van der Waals surface area (Å²) in [6.45, 7) is 3.20. The molecule has 0 aromatic heterocycles. The summed E-state index contributed by atoms with van der Waals surface area (Å²) in [5.74, 6) is -16.7. The zero-order valence-electron chi connectivity index (χ0n) is 12.5. The van der Waals surface area contributed by atoms with Gasteiger partial charge in [-0.15, -0.1) is 6.58 Å². The molecule has 2 bridgehead atoms. The van der Waals surface area contributed by atoms with Crippen LogP contribution in [-0.4, -0.2) is 34.9 Å². The van der Waals surface area contributed by atoms with Crippen LogP contribution < -0.4 is 0 Å². The van der Waals surface area contributed by atoms with Crippen molar-refractivity contribution in [3.8, 4) is 0 Å². The Labute approximate surface area is 135 Å². The van der Waals surface area contributed by atoms with Crippen LogP contribution in [0.25, 0.3) is 0 Å². The topological polar surface area (TPSA) is 20.2 Å². The van der Waals surface area contributed by atoms with Gasteiger partial charge in [0, 0.05) is 5.92 Å². The number of alkyl halides is 10. The zero-order chi connectivity index (χ0) is 19.7. The molecule has 0 amide bonds. The minimum Gasteiger partial charge on any atom is -0.377 e. The molecule has 0 radical (unpaired) electrons. The number of hydrogen-bond acceptors (Lipinski definition) is 1. The number of hydrogen-bond donors (Lipinski definition) is 1. The first-order valence-corrected chi connectivity index (χ1v) is 7.23. The highest BCUT2D eigenvalue weighted by molar-refractivity contribution is 5.22. The van der Waals surface area contributed by atoms with Crippen LogP contribution in [0.2, 0.25) is 0 Å². The molecule has 11 heteroatoms. The van der Waals surface area contributed by atoms with Crippen LogP contribution in [0.4, 0.5) is 43.9 Å². The molecule has 0 saturated heterocycles. The Morgan fingerprint density at radius 2 is 1.32 bits per heavy atom. The summed E-state index contributed by atoms with van der Waals surface area (Å²) in [5.41, 5.74) is -7.53. The van der Waals surface area contributed by atoms with Crippen molar-refractivity contribution < 1.29 is 49.0 Å². The fraction of sp³-hybridized carbons (Fsp3) is 0.857. The first-order chi connectivity index (χ1) is 11.0. The molecule has 2 aliphatic rings. The lowest BCUT2D eigenvalue weighted by molar-refractivity contribution is -0.438. The predicted molar refractivity (Wildman–Crippen MR) is 65.0 cm³/mol. The van der Waals surface area contributed by atoms with Crippen LogP contribution in [0, 0.1) is 17.3 Å². The Morgan fingerprint density at radius 3 is 1.64 bits per heavy atom. The third-order valence-corrected chi connectivity index (χ3v) is 5.53. The minimum absolute atomic E-state index is 0.175. The van der Waals surface area contributed by atoms with Gasteiger partial charge in [-0.3, -0.25) is 0 Å².